The number of hydrogen-bond donors (Lipinski definition) is 1. The normalized spacial score (nSPS) is 15.2. The molecule has 0 fully saturated rings. The van der Waals surface area contributed by atoms with Crippen molar-refractivity contribution in [2.75, 3.05) is 6.54 Å². The van der Waals surface area contributed by atoms with Crippen molar-refractivity contribution in [3.8, 4) is 0 Å². The van der Waals surface area contributed by atoms with Gasteiger partial charge in [0.05, 0.1) is 0 Å². The Hall–Kier alpha value is 0.924. The summed E-state index contributed by atoms with van der Waals surface area (Å²) < 4.78 is 15.3. The molecule has 0 atom stereocenters. The highest BCUT2D eigenvalue weighted by Crippen LogP contribution is 2.25. The van der Waals surface area contributed by atoms with Gasteiger partial charge in [-0.15, -0.1) is 0 Å². The van der Waals surface area contributed by atoms with Crippen LogP contribution in [0.3, 0.4) is 0 Å². The topological polar surface area (TPSA) is 41.9 Å². The van der Waals surface area contributed by atoms with E-state index in [1.165, 1.54) is 13.0 Å². The Labute approximate surface area is 156 Å². The summed E-state index contributed by atoms with van der Waals surface area (Å²) >= 11 is 0. The molecule has 0 saturated heterocycles. The van der Waals surface area contributed by atoms with Gasteiger partial charge < -0.3 is 17.3 Å². The molecule has 0 unspecified atom stereocenters. The van der Waals surface area contributed by atoms with Gasteiger partial charge in [0.1, 0.15) is 16.5 Å². The van der Waals surface area contributed by atoms with Crippen molar-refractivity contribution in [2.45, 2.75) is 91.0 Å². The third kappa shape index (κ3) is 10.8. The van der Waals surface area contributed by atoms with Crippen LogP contribution in [0.4, 0.5) is 0 Å². The first-order valence-electron chi connectivity index (χ1n) is 9.16. The molecule has 0 aliphatic heterocycles. The average molecular weight is 426 g/mol. The molecule has 0 amide bonds. The minimum Gasteiger partial charge on any atom is -0.436 e. The van der Waals surface area contributed by atoms with Gasteiger partial charge in [0.2, 0.25) is 0 Å². The molecule has 0 radical (unpaired) electrons. The lowest BCUT2D eigenvalue weighted by molar-refractivity contribution is 0.324. The number of nitrogens with zero attached hydrogens (tertiary/aromatic N) is 1. The lowest BCUT2D eigenvalue weighted by Crippen LogP contribution is -2.59. The Morgan fingerprint density at radius 1 is 0.708 bits per heavy atom. The Balaban J connectivity index is 4.73. The molecule has 146 valence electrons. The average Bonchev–Trinajstić information content (AvgIpc) is 2.14. The van der Waals surface area contributed by atoms with E-state index in [2.05, 4.69) is 69.7 Å². The van der Waals surface area contributed by atoms with E-state index in [4.69, 9.17) is 8.23 Å². The molecule has 1 N–H and O–H groups in total. The van der Waals surface area contributed by atoms with Gasteiger partial charge >= 0.3 is 17.1 Å². The summed E-state index contributed by atoms with van der Waals surface area (Å²) in [7, 11) is -9.09. The molecule has 0 heterocycles. The zero-order chi connectivity index (χ0) is 19.6. The van der Waals surface area contributed by atoms with Crippen molar-refractivity contribution in [1.29, 1.82) is 0 Å². The van der Waals surface area contributed by atoms with Gasteiger partial charge in [-0.3, -0.25) is 0 Å². The van der Waals surface area contributed by atoms with Crippen molar-refractivity contribution in [1.82, 2.24) is 4.23 Å². The maximum Gasteiger partial charge on any atom is 0.320 e. The summed E-state index contributed by atoms with van der Waals surface area (Å²) in [4.78, 5) is 10.1. The third-order valence-corrected chi connectivity index (χ3v) is 21.2. The van der Waals surface area contributed by atoms with Crippen molar-refractivity contribution in [3.05, 3.63) is 0 Å². The molecular formula is C15H43NO3Si5. The van der Waals surface area contributed by atoms with Crippen LogP contribution in [0.25, 0.3) is 0 Å². The quantitative estimate of drug-likeness (QED) is 0.501. The van der Waals surface area contributed by atoms with Crippen molar-refractivity contribution in [2.24, 2.45) is 0 Å². The Morgan fingerprint density at radius 3 is 1.46 bits per heavy atom. The zero-order valence-corrected chi connectivity index (χ0v) is 23.3. The van der Waals surface area contributed by atoms with E-state index in [-0.39, 0.29) is 0 Å². The molecule has 0 aliphatic rings. The second-order valence-electron chi connectivity index (χ2n) is 10.4. The van der Waals surface area contributed by atoms with E-state index >= 15 is 0 Å². The van der Waals surface area contributed by atoms with E-state index in [0.717, 1.165) is 6.04 Å². The van der Waals surface area contributed by atoms with Crippen LogP contribution in [0.5, 0.6) is 0 Å². The van der Waals surface area contributed by atoms with E-state index in [1.54, 1.807) is 0 Å². The molecule has 0 aromatic rings. The predicted octanol–water partition coefficient (Wildman–Crippen LogP) is 4.98. The van der Waals surface area contributed by atoms with Gasteiger partial charge in [-0.1, -0.05) is 39.3 Å². The summed E-state index contributed by atoms with van der Waals surface area (Å²) in [5, 5.41) is 0. The third-order valence-electron chi connectivity index (χ3n) is 3.80. The van der Waals surface area contributed by atoms with Gasteiger partial charge in [-0.05, 0) is 58.3 Å². The Kier molecular flexibility index (Phi) is 8.62. The zero-order valence-electron chi connectivity index (χ0n) is 18.3. The molecule has 0 saturated carbocycles. The van der Waals surface area contributed by atoms with E-state index < -0.39 is 41.9 Å². The van der Waals surface area contributed by atoms with Crippen molar-refractivity contribution in [3.63, 3.8) is 0 Å². The Morgan fingerprint density at radius 2 is 1.12 bits per heavy atom. The van der Waals surface area contributed by atoms with Gasteiger partial charge in [-0.25, -0.2) is 0 Å². The maximum atomic E-state index is 10.1. The first-order chi connectivity index (χ1) is 10.3. The lowest BCUT2D eigenvalue weighted by Gasteiger charge is -2.44. The monoisotopic (exact) mass is 425 g/mol. The van der Waals surface area contributed by atoms with Gasteiger partial charge in [0, 0.05) is 0 Å². The van der Waals surface area contributed by atoms with Gasteiger partial charge in [-0.2, -0.15) is 0 Å². The first kappa shape index (κ1) is 24.9. The molecule has 0 aliphatic carbocycles. The molecular weight excluding hydrogens is 383 g/mol. The first-order valence-corrected chi connectivity index (χ1v) is 24.8. The number of hydrogen-bond acceptors (Lipinski definition) is 4. The molecule has 9 heteroatoms. The van der Waals surface area contributed by atoms with Crippen LogP contribution in [-0.2, 0) is 8.23 Å². The van der Waals surface area contributed by atoms with Crippen LogP contribution in [0.1, 0.15) is 6.42 Å². The van der Waals surface area contributed by atoms with Crippen LogP contribution >= 0.6 is 0 Å². The highest BCUT2D eigenvalue weighted by Gasteiger charge is 2.39. The van der Waals surface area contributed by atoms with Crippen molar-refractivity contribution < 1.29 is 13.0 Å². The van der Waals surface area contributed by atoms with Crippen molar-refractivity contribution >= 4 is 41.9 Å². The molecule has 0 spiro atoms. The standard InChI is InChI=1S/C15H43NO3Si5/c1-20(2,3)16(21(4,5)6)14-13-15-22(7,8)18-24(11,12)19-23(9,10)17/h17H,13-15H2,1-12H3. The second-order valence-corrected chi connectivity index (χ2v) is 32.0. The van der Waals surface area contributed by atoms with Gasteiger partial charge in [0.15, 0.2) is 8.32 Å². The SMILES string of the molecule is C[Si](C)(O)O[Si](C)(C)O[Si](C)(C)CCCN([Si](C)(C)C)[Si](C)(C)C. The van der Waals surface area contributed by atoms with Crippen LogP contribution in [0, 0.1) is 0 Å². The van der Waals surface area contributed by atoms with E-state index in [1.807, 2.05) is 13.1 Å². The van der Waals surface area contributed by atoms with E-state index in [0.29, 0.717) is 0 Å². The minimum atomic E-state index is -2.53. The summed E-state index contributed by atoms with van der Waals surface area (Å²) in [6.45, 7) is 28.3. The highest BCUT2D eigenvalue weighted by molar-refractivity contribution is 6.89. The largest absolute Gasteiger partial charge is 0.436 e. The lowest BCUT2D eigenvalue weighted by atomic mass is 10.5. The minimum absolute atomic E-state index is 1.16. The fourth-order valence-electron chi connectivity index (χ4n) is 3.68. The molecule has 0 rings (SSSR count). The molecule has 4 nitrogen and oxygen atoms in total. The summed E-state index contributed by atoms with van der Waals surface area (Å²) in [6.07, 6.45) is 1.21. The van der Waals surface area contributed by atoms with Crippen LogP contribution in [0.15, 0.2) is 0 Å². The molecule has 0 aromatic heterocycles. The summed E-state index contributed by atoms with van der Waals surface area (Å²) in [5.74, 6) is 0. The van der Waals surface area contributed by atoms with Crippen LogP contribution in [-0.4, -0.2) is 57.5 Å². The summed E-state index contributed by atoms with van der Waals surface area (Å²) in [5.41, 5.74) is 0. The smallest absolute Gasteiger partial charge is 0.320 e. The maximum absolute atomic E-state index is 10.1. The highest BCUT2D eigenvalue weighted by atomic mass is 28.5. The number of rotatable bonds is 10. The fraction of sp³-hybridized carbons (Fsp3) is 1.00. The molecule has 0 bridgehead atoms. The van der Waals surface area contributed by atoms with E-state index in [9.17, 15) is 4.80 Å². The summed E-state index contributed by atoms with van der Waals surface area (Å²) in [6, 6.07) is 1.16. The van der Waals surface area contributed by atoms with Crippen LogP contribution < -0.4 is 0 Å². The van der Waals surface area contributed by atoms with Crippen LogP contribution in [0.2, 0.25) is 84.6 Å². The predicted molar refractivity (Wildman–Crippen MR) is 120 cm³/mol. The fourth-order valence-corrected chi connectivity index (χ4v) is 25.5. The van der Waals surface area contributed by atoms with Gasteiger partial charge in [0.25, 0.3) is 0 Å². The molecule has 0 aromatic carbocycles. The Bertz CT molecular complexity index is 383. The second kappa shape index (κ2) is 8.30. The molecule has 24 heavy (non-hydrogen) atoms.